The number of ether oxygens (including phenoxy) is 2. The Morgan fingerprint density at radius 2 is 1.77 bits per heavy atom. The second kappa shape index (κ2) is 6.30. The number of hydrogen-bond acceptors (Lipinski definition) is 6. The predicted molar refractivity (Wildman–Crippen MR) is 118 cm³/mol. The summed E-state index contributed by atoms with van der Waals surface area (Å²) in [6.07, 6.45) is 6.78. The molecule has 2 aromatic carbocycles. The number of phenolic OH excluding ortho intramolecular Hbond substituents is 2. The first kappa shape index (κ1) is 19.5. The summed E-state index contributed by atoms with van der Waals surface area (Å²) in [5.41, 5.74) is 1.55. The Morgan fingerprint density at radius 1 is 1.00 bits per heavy atom. The standard InChI is InChI=1S/C25H24O6/c1-24(2)9-7-14-21(30-24)15-8-10-25(3,4)31-23(15)19-20(28)16(12-29-22(14)19)13-5-6-17(26)18(27)11-13/h5-7,9,11-12,26-27H,8,10H2,1-4H3. The number of fused-ring (bicyclic) bond motifs is 6. The van der Waals surface area contributed by atoms with Crippen LogP contribution in [0.2, 0.25) is 0 Å². The van der Waals surface area contributed by atoms with Crippen LogP contribution >= 0.6 is 0 Å². The predicted octanol–water partition coefficient (Wildman–Crippen LogP) is 5.16. The molecular weight excluding hydrogens is 396 g/mol. The summed E-state index contributed by atoms with van der Waals surface area (Å²) >= 11 is 0. The zero-order chi connectivity index (χ0) is 22.1. The first-order valence-corrected chi connectivity index (χ1v) is 10.3. The quantitative estimate of drug-likeness (QED) is 0.529. The maximum absolute atomic E-state index is 13.7. The molecule has 0 atom stereocenters. The average Bonchev–Trinajstić information content (AvgIpc) is 2.68. The van der Waals surface area contributed by atoms with Gasteiger partial charge < -0.3 is 24.1 Å². The lowest BCUT2D eigenvalue weighted by molar-refractivity contribution is 0.0827. The van der Waals surface area contributed by atoms with Crippen molar-refractivity contribution >= 4 is 17.0 Å². The molecule has 1 aromatic heterocycles. The van der Waals surface area contributed by atoms with Gasteiger partial charge in [-0.1, -0.05) is 6.07 Å². The normalized spacial score (nSPS) is 18.1. The highest BCUT2D eigenvalue weighted by Gasteiger charge is 2.36. The number of benzene rings is 2. The van der Waals surface area contributed by atoms with Crippen molar-refractivity contribution in [2.45, 2.75) is 51.7 Å². The molecule has 0 spiro atoms. The largest absolute Gasteiger partial charge is 0.504 e. The minimum Gasteiger partial charge on any atom is -0.504 e. The molecule has 0 amide bonds. The van der Waals surface area contributed by atoms with E-state index in [4.69, 9.17) is 13.9 Å². The zero-order valence-electron chi connectivity index (χ0n) is 17.9. The van der Waals surface area contributed by atoms with Gasteiger partial charge >= 0.3 is 0 Å². The van der Waals surface area contributed by atoms with Gasteiger partial charge in [-0.05, 0) is 70.4 Å². The second-order valence-electron chi connectivity index (χ2n) is 9.34. The Bertz CT molecular complexity index is 1330. The first-order valence-electron chi connectivity index (χ1n) is 10.3. The molecule has 6 nitrogen and oxygen atoms in total. The maximum Gasteiger partial charge on any atom is 0.204 e. The van der Waals surface area contributed by atoms with Gasteiger partial charge in [-0.15, -0.1) is 0 Å². The molecular formula is C25H24O6. The minimum atomic E-state index is -0.481. The molecule has 6 heteroatoms. The summed E-state index contributed by atoms with van der Waals surface area (Å²) < 4.78 is 18.6. The molecule has 0 bridgehead atoms. The SMILES string of the molecule is CC1(C)C=Cc2c(c3c(c4c(=O)c(-c5ccc(O)c(O)c5)coc24)OC(C)(C)CC3)O1. The molecule has 31 heavy (non-hydrogen) atoms. The number of aromatic hydroxyl groups is 2. The highest BCUT2D eigenvalue weighted by Crippen LogP contribution is 2.49. The summed E-state index contributed by atoms with van der Waals surface area (Å²) in [6.45, 7) is 7.95. The highest BCUT2D eigenvalue weighted by atomic mass is 16.5. The molecule has 2 N–H and O–H groups in total. The molecule has 160 valence electrons. The van der Waals surface area contributed by atoms with E-state index in [0.29, 0.717) is 34.5 Å². The topological polar surface area (TPSA) is 89.1 Å². The van der Waals surface area contributed by atoms with Crippen molar-refractivity contribution in [3.05, 3.63) is 51.9 Å². The number of rotatable bonds is 1. The van der Waals surface area contributed by atoms with E-state index in [1.807, 2.05) is 39.8 Å². The molecule has 3 heterocycles. The van der Waals surface area contributed by atoms with E-state index in [0.717, 1.165) is 17.5 Å². The molecule has 2 aliphatic rings. The fourth-order valence-corrected chi connectivity index (χ4v) is 4.22. The van der Waals surface area contributed by atoms with Crippen molar-refractivity contribution in [1.82, 2.24) is 0 Å². The lowest BCUT2D eigenvalue weighted by Gasteiger charge is -2.37. The number of phenols is 2. The summed E-state index contributed by atoms with van der Waals surface area (Å²) in [6, 6.07) is 4.25. The third-order valence-corrected chi connectivity index (χ3v) is 5.92. The van der Waals surface area contributed by atoms with Crippen molar-refractivity contribution in [2.75, 3.05) is 0 Å². The Kier molecular flexibility index (Phi) is 3.97. The van der Waals surface area contributed by atoms with Gasteiger partial charge in [0.2, 0.25) is 5.43 Å². The highest BCUT2D eigenvalue weighted by molar-refractivity contribution is 5.97. The minimum absolute atomic E-state index is 0.254. The summed E-state index contributed by atoms with van der Waals surface area (Å²) in [7, 11) is 0. The molecule has 0 saturated carbocycles. The fourth-order valence-electron chi connectivity index (χ4n) is 4.22. The van der Waals surface area contributed by atoms with Gasteiger partial charge in [0.15, 0.2) is 17.1 Å². The summed E-state index contributed by atoms with van der Waals surface area (Å²) in [5.74, 6) is 0.633. The lowest BCUT2D eigenvalue weighted by atomic mass is 9.88. The van der Waals surface area contributed by atoms with Crippen LogP contribution in [0.3, 0.4) is 0 Å². The Morgan fingerprint density at radius 3 is 2.52 bits per heavy atom. The van der Waals surface area contributed by atoms with Crippen LogP contribution in [0.5, 0.6) is 23.0 Å². The first-order chi connectivity index (χ1) is 14.6. The van der Waals surface area contributed by atoms with Crippen LogP contribution in [0.25, 0.3) is 28.2 Å². The molecule has 0 fully saturated rings. The third-order valence-electron chi connectivity index (χ3n) is 5.92. The van der Waals surface area contributed by atoms with Crippen molar-refractivity contribution < 1.29 is 24.1 Å². The van der Waals surface area contributed by atoms with E-state index in [-0.39, 0.29) is 22.5 Å². The monoisotopic (exact) mass is 420 g/mol. The van der Waals surface area contributed by atoms with Crippen LogP contribution in [0.1, 0.15) is 45.2 Å². The van der Waals surface area contributed by atoms with Crippen LogP contribution in [0, 0.1) is 0 Å². The summed E-state index contributed by atoms with van der Waals surface area (Å²) in [4.78, 5) is 13.7. The van der Waals surface area contributed by atoms with Crippen molar-refractivity contribution in [3.8, 4) is 34.1 Å². The van der Waals surface area contributed by atoms with E-state index in [1.165, 1.54) is 18.4 Å². The van der Waals surface area contributed by atoms with Gasteiger partial charge in [0, 0.05) is 5.56 Å². The Labute approximate surface area is 179 Å². The van der Waals surface area contributed by atoms with Crippen LogP contribution in [-0.2, 0) is 6.42 Å². The van der Waals surface area contributed by atoms with Crippen LogP contribution < -0.4 is 14.9 Å². The summed E-state index contributed by atoms with van der Waals surface area (Å²) in [5, 5.41) is 19.9. The molecule has 0 radical (unpaired) electrons. The van der Waals surface area contributed by atoms with E-state index in [9.17, 15) is 15.0 Å². The molecule has 3 aromatic rings. The van der Waals surface area contributed by atoms with Crippen molar-refractivity contribution in [1.29, 1.82) is 0 Å². The van der Waals surface area contributed by atoms with Gasteiger partial charge in [0.25, 0.3) is 0 Å². The fraction of sp³-hybridized carbons (Fsp3) is 0.320. The molecule has 0 aliphatic carbocycles. The van der Waals surface area contributed by atoms with E-state index >= 15 is 0 Å². The molecule has 2 aliphatic heterocycles. The molecule has 0 unspecified atom stereocenters. The van der Waals surface area contributed by atoms with Crippen LogP contribution in [-0.4, -0.2) is 21.4 Å². The number of hydrogen-bond donors (Lipinski definition) is 2. The van der Waals surface area contributed by atoms with Crippen LogP contribution in [0.15, 0.2) is 39.7 Å². The zero-order valence-corrected chi connectivity index (χ0v) is 17.9. The van der Waals surface area contributed by atoms with Crippen LogP contribution in [0.4, 0.5) is 0 Å². The second-order valence-corrected chi connectivity index (χ2v) is 9.34. The van der Waals surface area contributed by atoms with Gasteiger partial charge in [0.1, 0.15) is 34.4 Å². The van der Waals surface area contributed by atoms with E-state index < -0.39 is 11.2 Å². The average molecular weight is 420 g/mol. The molecule has 0 saturated heterocycles. The van der Waals surface area contributed by atoms with E-state index in [1.54, 1.807) is 6.07 Å². The third kappa shape index (κ3) is 3.05. The maximum atomic E-state index is 13.7. The smallest absolute Gasteiger partial charge is 0.204 e. The Balaban J connectivity index is 1.85. The van der Waals surface area contributed by atoms with Gasteiger partial charge in [-0.25, -0.2) is 0 Å². The van der Waals surface area contributed by atoms with Gasteiger partial charge in [0.05, 0.1) is 11.1 Å². The van der Waals surface area contributed by atoms with Crippen molar-refractivity contribution in [2.24, 2.45) is 0 Å². The van der Waals surface area contributed by atoms with Gasteiger partial charge in [-0.3, -0.25) is 4.79 Å². The Hall–Kier alpha value is -3.41. The lowest BCUT2D eigenvalue weighted by Crippen LogP contribution is -2.35. The molecule has 5 rings (SSSR count). The van der Waals surface area contributed by atoms with Crippen molar-refractivity contribution in [3.63, 3.8) is 0 Å². The van der Waals surface area contributed by atoms with E-state index in [2.05, 4.69) is 0 Å². The van der Waals surface area contributed by atoms with Gasteiger partial charge in [-0.2, -0.15) is 0 Å².